The maximum Gasteiger partial charge on any atom is 0.222 e. The Bertz CT molecular complexity index is 467. The summed E-state index contributed by atoms with van der Waals surface area (Å²) in [5.41, 5.74) is 0. The molecule has 2 N–H and O–H groups in total. The maximum absolute atomic E-state index is 11.8. The lowest BCUT2D eigenvalue weighted by molar-refractivity contribution is -0.129. The van der Waals surface area contributed by atoms with E-state index in [9.17, 15) is 4.79 Å². The standard InChI is InChI=1S/C19H38N6O.HI/c1-5-18(26)25-8-7-17(15-25)22-19(20-4)21-13-16(3)14-24-11-9-23(6-2)10-12-24;/h16-17H,5-15H2,1-4H3,(H2,20,21,22);1H. The van der Waals surface area contributed by atoms with Gasteiger partial charge in [-0.1, -0.05) is 20.8 Å². The molecular weight excluding hydrogens is 455 g/mol. The average Bonchev–Trinajstić information content (AvgIpc) is 3.13. The van der Waals surface area contributed by atoms with Crippen molar-refractivity contribution in [1.29, 1.82) is 0 Å². The summed E-state index contributed by atoms with van der Waals surface area (Å²) >= 11 is 0. The fraction of sp³-hybridized carbons (Fsp3) is 0.895. The van der Waals surface area contributed by atoms with Crippen LogP contribution in [0.4, 0.5) is 0 Å². The molecule has 0 spiro atoms. The summed E-state index contributed by atoms with van der Waals surface area (Å²) in [5.74, 6) is 1.67. The first kappa shape index (κ1) is 24.4. The molecule has 0 aromatic heterocycles. The van der Waals surface area contributed by atoms with E-state index in [-0.39, 0.29) is 29.9 Å². The Morgan fingerprint density at radius 3 is 2.41 bits per heavy atom. The first-order valence-corrected chi connectivity index (χ1v) is 10.2. The van der Waals surface area contributed by atoms with Crippen LogP contribution in [0.1, 0.15) is 33.6 Å². The number of carbonyl (C=O) groups is 1. The lowest BCUT2D eigenvalue weighted by Crippen LogP contribution is -2.49. The molecule has 1 amide bonds. The number of nitrogens with zero attached hydrogens (tertiary/aromatic N) is 4. The van der Waals surface area contributed by atoms with Crippen molar-refractivity contribution in [3.05, 3.63) is 0 Å². The van der Waals surface area contributed by atoms with E-state index in [0.29, 0.717) is 18.4 Å². The van der Waals surface area contributed by atoms with Crippen LogP contribution in [-0.2, 0) is 4.79 Å². The Balaban J connectivity index is 0.00000364. The molecule has 0 aliphatic carbocycles. The number of aliphatic imine (C=N–C) groups is 1. The zero-order valence-corrected chi connectivity index (χ0v) is 19.9. The van der Waals surface area contributed by atoms with Crippen molar-refractivity contribution in [3.8, 4) is 0 Å². The van der Waals surface area contributed by atoms with Gasteiger partial charge in [0.05, 0.1) is 0 Å². The second kappa shape index (κ2) is 12.8. The van der Waals surface area contributed by atoms with Gasteiger partial charge in [0.25, 0.3) is 0 Å². The van der Waals surface area contributed by atoms with Crippen molar-refractivity contribution < 1.29 is 4.79 Å². The fourth-order valence-electron chi connectivity index (χ4n) is 3.78. The average molecular weight is 494 g/mol. The van der Waals surface area contributed by atoms with Crippen LogP contribution in [0.2, 0.25) is 0 Å². The first-order chi connectivity index (χ1) is 12.5. The number of piperazine rings is 1. The molecule has 2 fully saturated rings. The van der Waals surface area contributed by atoms with E-state index in [2.05, 4.69) is 39.3 Å². The van der Waals surface area contributed by atoms with Gasteiger partial charge in [0.1, 0.15) is 0 Å². The number of hydrogen-bond acceptors (Lipinski definition) is 4. The summed E-state index contributed by atoms with van der Waals surface area (Å²) in [7, 11) is 1.81. The van der Waals surface area contributed by atoms with Gasteiger partial charge in [0, 0.05) is 71.9 Å². The van der Waals surface area contributed by atoms with Crippen molar-refractivity contribution in [2.45, 2.75) is 39.7 Å². The minimum absolute atomic E-state index is 0. The molecule has 2 unspecified atom stereocenters. The van der Waals surface area contributed by atoms with Crippen LogP contribution in [0.3, 0.4) is 0 Å². The summed E-state index contributed by atoms with van der Waals surface area (Å²) in [5, 5.41) is 6.93. The zero-order valence-electron chi connectivity index (χ0n) is 17.5. The number of carbonyl (C=O) groups excluding carboxylic acids is 1. The summed E-state index contributed by atoms with van der Waals surface area (Å²) in [4.78, 5) is 23.2. The van der Waals surface area contributed by atoms with Gasteiger partial charge in [0.15, 0.2) is 5.96 Å². The number of guanidine groups is 1. The predicted octanol–water partition coefficient (Wildman–Crippen LogP) is 1.05. The summed E-state index contributed by atoms with van der Waals surface area (Å²) in [6.45, 7) is 16.0. The Hall–Kier alpha value is -0.610. The SMILES string of the molecule is CCC(=O)N1CCC(NC(=NC)NCC(C)CN2CCN(CC)CC2)C1.I. The molecule has 2 atom stereocenters. The quantitative estimate of drug-likeness (QED) is 0.315. The minimum atomic E-state index is 0. The molecule has 2 saturated heterocycles. The van der Waals surface area contributed by atoms with E-state index in [0.717, 1.165) is 45.1 Å². The third-order valence-corrected chi connectivity index (χ3v) is 5.51. The van der Waals surface area contributed by atoms with Gasteiger partial charge in [-0.15, -0.1) is 24.0 Å². The maximum atomic E-state index is 11.8. The topological polar surface area (TPSA) is 63.2 Å². The molecule has 0 radical (unpaired) electrons. The van der Waals surface area contributed by atoms with Crippen LogP contribution >= 0.6 is 24.0 Å². The van der Waals surface area contributed by atoms with Gasteiger partial charge in [-0.25, -0.2) is 0 Å². The van der Waals surface area contributed by atoms with Crippen LogP contribution in [0.15, 0.2) is 4.99 Å². The molecule has 0 aromatic carbocycles. The van der Waals surface area contributed by atoms with Crippen LogP contribution < -0.4 is 10.6 Å². The van der Waals surface area contributed by atoms with Crippen LogP contribution in [0.5, 0.6) is 0 Å². The monoisotopic (exact) mass is 494 g/mol. The summed E-state index contributed by atoms with van der Waals surface area (Å²) in [6.07, 6.45) is 1.58. The molecule has 27 heavy (non-hydrogen) atoms. The molecule has 7 nitrogen and oxygen atoms in total. The van der Waals surface area contributed by atoms with Crippen molar-refractivity contribution >= 4 is 35.8 Å². The van der Waals surface area contributed by atoms with Crippen LogP contribution in [-0.4, -0.2) is 98.6 Å². The van der Waals surface area contributed by atoms with Crippen molar-refractivity contribution in [3.63, 3.8) is 0 Å². The first-order valence-electron chi connectivity index (χ1n) is 10.2. The number of nitrogens with one attached hydrogen (secondary N) is 2. The van der Waals surface area contributed by atoms with Crippen LogP contribution in [0, 0.1) is 5.92 Å². The normalized spacial score (nSPS) is 23.0. The molecule has 2 aliphatic heterocycles. The molecule has 2 rings (SSSR count). The summed E-state index contributed by atoms with van der Waals surface area (Å²) in [6, 6.07) is 0.300. The Labute approximate surface area is 182 Å². The number of likely N-dealkylation sites (tertiary alicyclic amines) is 1. The van der Waals surface area contributed by atoms with E-state index < -0.39 is 0 Å². The molecular formula is C19H39IN6O. The van der Waals surface area contributed by atoms with Gasteiger partial charge in [-0.05, 0) is 18.9 Å². The number of halogens is 1. The molecule has 158 valence electrons. The van der Waals surface area contributed by atoms with Crippen molar-refractivity contribution in [1.82, 2.24) is 25.3 Å². The fourth-order valence-corrected chi connectivity index (χ4v) is 3.78. The number of hydrogen-bond donors (Lipinski definition) is 2. The highest BCUT2D eigenvalue weighted by molar-refractivity contribution is 14.0. The zero-order chi connectivity index (χ0) is 18.9. The second-order valence-corrected chi connectivity index (χ2v) is 7.62. The Morgan fingerprint density at radius 1 is 1.15 bits per heavy atom. The molecule has 0 bridgehead atoms. The minimum Gasteiger partial charge on any atom is -0.356 e. The number of amides is 1. The molecule has 2 heterocycles. The van der Waals surface area contributed by atoms with Gasteiger partial charge in [-0.2, -0.15) is 0 Å². The van der Waals surface area contributed by atoms with Crippen molar-refractivity contribution in [2.75, 3.05) is 66.0 Å². The van der Waals surface area contributed by atoms with E-state index in [1.54, 1.807) is 0 Å². The van der Waals surface area contributed by atoms with E-state index >= 15 is 0 Å². The molecule has 0 aromatic rings. The third-order valence-electron chi connectivity index (χ3n) is 5.51. The molecule has 8 heteroatoms. The summed E-state index contributed by atoms with van der Waals surface area (Å²) < 4.78 is 0. The van der Waals surface area contributed by atoms with E-state index in [1.807, 2.05) is 18.9 Å². The number of likely N-dealkylation sites (N-methyl/N-ethyl adjacent to an activating group) is 1. The van der Waals surface area contributed by atoms with Gasteiger partial charge < -0.3 is 25.3 Å². The van der Waals surface area contributed by atoms with E-state index in [1.165, 1.54) is 26.2 Å². The second-order valence-electron chi connectivity index (χ2n) is 7.62. The van der Waals surface area contributed by atoms with Gasteiger partial charge >= 0.3 is 0 Å². The van der Waals surface area contributed by atoms with Gasteiger partial charge in [0.2, 0.25) is 5.91 Å². The van der Waals surface area contributed by atoms with Gasteiger partial charge in [-0.3, -0.25) is 9.79 Å². The highest BCUT2D eigenvalue weighted by atomic mass is 127. The predicted molar refractivity (Wildman–Crippen MR) is 123 cm³/mol. The number of rotatable bonds is 7. The highest BCUT2D eigenvalue weighted by Crippen LogP contribution is 2.10. The smallest absolute Gasteiger partial charge is 0.222 e. The Kier molecular flexibility index (Phi) is 11.6. The highest BCUT2D eigenvalue weighted by Gasteiger charge is 2.26. The largest absolute Gasteiger partial charge is 0.356 e. The Morgan fingerprint density at radius 2 is 1.81 bits per heavy atom. The molecule has 0 saturated carbocycles. The lowest BCUT2D eigenvalue weighted by atomic mass is 10.1. The lowest BCUT2D eigenvalue weighted by Gasteiger charge is -2.35. The third kappa shape index (κ3) is 8.11. The molecule has 2 aliphatic rings. The van der Waals surface area contributed by atoms with E-state index in [4.69, 9.17) is 0 Å². The van der Waals surface area contributed by atoms with Crippen molar-refractivity contribution in [2.24, 2.45) is 10.9 Å². The van der Waals surface area contributed by atoms with Crippen LogP contribution in [0.25, 0.3) is 0 Å².